The first-order chi connectivity index (χ1) is 24.1. The number of nitrogens with two attached hydrogens (primary N) is 1. The predicted octanol–water partition coefficient (Wildman–Crippen LogP) is 5.17. The molecule has 5 aromatic rings. The van der Waals surface area contributed by atoms with Crippen LogP contribution in [0.25, 0.3) is 10.9 Å². The molecule has 5 rings (SSSR count). The van der Waals surface area contributed by atoms with Crippen LogP contribution in [0.3, 0.4) is 0 Å². The number of amides is 5. The summed E-state index contributed by atoms with van der Waals surface area (Å²) >= 11 is 3.06. The van der Waals surface area contributed by atoms with Crippen molar-refractivity contribution >= 4 is 97.4 Å². The van der Waals surface area contributed by atoms with Crippen molar-refractivity contribution in [1.29, 1.82) is 5.41 Å². The first kappa shape index (κ1) is 38.7. The number of aromatic nitrogens is 4. The summed E-state index contributed by atoms with van der Waals surface area (Å²) in [6.07, 6.45) is 4.82. The summed E-state index contributed by atoms with van der Waals surface area (Å²) in [6.45, 7) is 8.91. The molecule has 0 radical (unpaired) electrons. The molecule has 0 aliphatic heterocycles. The number of benzene rings is 1. The van der Waals surface area contributed by atoms with Gasteiger partial charge in [-0.3, -0.25) is 29.4 Å². The van der Waals surface area contributed by atoms with Gasteiger partial charge < -0.3 is 51.8 Å². The van der Waals surface area contributed by atoms with Gasteiger partial charge in [0.15, 0.2) is 0 Å². The molecular formula is C34H37BrClN11O5. The molecule has 0 bridgehead atoms. The zero-order valence-electron chi connectivity index (χ0n) is 28.5. The summed E-state index contributed by atoms with van der Waals surface area (Å²) in [5, 5.41) is 21.8. The molecule has 0 saturated heterocycles. The third-order valence-electron chi connectivity index (χ3n) is 8.20. The lowest BCUT2D eigenvalue weighted by Gasteiger charge is -2.07. The number of hydrogen-bond donors (Lipinski definition) is 10. The van der Waals surface area contributed by atoms with Gasteiger partial charge in [0.05, 0.1) is 27.4 Å². The number of H-pyrrole nitrogens is 3. The van der Waals surface area contributed by atoms with E-state index in [0.717, 1.165) is 5.39 Å². The maximum Gasteiger partial charge on any atom is 0.272 e. The number of hydrogen-bond acceptors (Lipinski definition) is 6. The highest BCUT2D eigenvalue weighted by Crippen LogP contribution is 2.27. The maximum absolute atomic E-state index is 13.3. The number of aryl methyl sites for hydroxylation is 2. The van der Waals surface area contributed by atoms with Gasteiger partial charge >= 0.3 is 0 Å². The van der Waals surface area contributed by atoms with Crippen LogP contribution in [0.15, 0.2) is 53.9 Å². The fourth-order valence-corrected chi connectivity index (χ4v) is 5.47. The first-order valence-electron chi connectivity index (χ1n) is 15.5. The smallest absolute Gasteiger partial charge is 0.272 e. The lowest BCUT2D eigenvalue weighted by atomic mass is 10.1. The molecule has 4 aromatic heterocycles. The molecule has 1 aromatic carbocycles. The second-order valence-electron chi connectivity index (χ2n) is 11.8. The van der Waals surface area contributed by atoms with Crippen molar-refractivity contribution in [3.8, 4) is 0 Å². The Morgan fingerprint density at radius 1 is 0.827 bits per heavy atom. The Labute approximate surface area is 311 Å². The molecule has 272 valence electrons. The van der Waals surface area contributed by atoms with Crippen LogP contribution in [0, 0.1) is 26.2 Å². The van der Waals surface area contributed by atoms with Crippen molar-refractivity contribution in [2.45, 2.75) is 27.2 Å². The standard InChI is InChI=1S/C34H36BrN11O5.ClH/c1-15-21-10-19(41-30(47)18(4)35)6-7-22(21)43-29(15)34(51)42-20-11-25(46(5)14-20)31(48)44-23-12-40-28(17(23)3)33(50)45-24-13-39-27(16(24)2)32(49)38-9-8-26(36)37;/h6-7,10-14,39-40,43H,4,8-9H2,1-3,5H3,(H3,36,37)(H,38,49)(H,41,47)(H,42,51)(H,44,48)(H,45,50);1H. The summed E-state index contributed by atoms with van der Waals surface area (Å²) in [6, 6.07) is 6.76. The van der Waals surface area contributed by atoms with Gasteiger partial charge in [0.2, 0.25) is 0 Å². The molecular weight excluding hydrogens is 758 g/mol. The topological polar surface area (TPSA) is 248 Å². The summed E-state index contributed by atoms with van der Waals surface area (Å²) in [4.78, 5) is 73.1. The Kier molecular flexibility index (Phi) is 11.8. The van der Waals surface area contributed by atoms with E-state index in [1.807, 2.05) is 0 Å². The molecule has 11 N–H and O–H groups in total. The van der Waals surface area contributed by atoms with E-state index in [9.17, 15) is 24.0 Å². The van der Waals surface area contributed by atoms with Gasteiger partial charge in [0.25, 0.3) is 29.5 Å². The van der Waals surface area contributed by atoms with Crippen LogP contribution in [0.4, 0.5) is 22.7 Å². The van der Waals surface area contributed by atoms with E-state index >= 15 is 0 Å². The molecule has 4 heterocycles. The first-order valence-corrected chi connectivity index (χ1v) is 16.3. The van der Waals surface area contributed by atoms with Crippen LogP contribution in [0.2, 0.25) is 0 Å². The minimum absolute atomic E-state index is 0. The van der Waals surface area contributed by atoms with E-state index in [-0.39, 0.29) is 58.7 Å². The van der Waals surface area contributed by atoms with Gasteiger partial charge in [0, 0.05) is 66.3 Å². The monoisotopic (exact) mass is 793 g/mol. The Balaban J connectivity index is 0.00000605. The van der Waals surface area contributed by atoms with Gasteiger partial charge in [-0.2, -0.15) is 0 Å². The predicted molar refractivity (Wildman–Crippen MR) is 206 cm³/mol. The number of fused-ring (bicyclic) bond motifs is 1. The number of carbonyl (C=O) groups excluding carboxylic acids is 5. The van der Waals surface area contributed by atoms with Crippen LogP contribution < -0.4 is 32.3 Å². The summed E-state index contributed by atoms with van der Waals surface area (Å²) in [5.74, 6) is -2.20. The third-order valence-corrected chi connectivity index (χ3v) is 8.56. The lowest BCUT2D eigenvalue weighted by molar-refractivity contribution is -0.112. The summed E-state index contributed by atoms with van der Waals surface area (Å²) < 4.78 is 1.75. The quantitative estimate of drug-likeness (QED) is 0.0463. The number of nitrogens with one attached hydrogen (secondary N) is 9. The molecule has 18 heteroatoms. The van der Waals surface area contributed by atoms with Crippen molar-refractivity contribution in [3.05, 3.63) is 93.4 Å². The number of halogens is 2. The van der Waals surface area contributed by atoms with E-state index in [1.165, 1.54) is 18.5 Å². The maximum atomic E-state index is 13.3. The number of amidine groups is 1. The van der Waals surface area contributed by atoms with Crippen molar-refractivity contribution in [3.63, 3.8) is 0 Å². The molecule has 0 aliphatic rings. The SMILES string of the molecule is C=C(Br)C(=O)Nc1ccc2[nH]c(C(=O)Nc3cc(C(=O)Nc4c[nH]c(C(=O)Nc5c[nH]c(C(=O)NCCC(=N)N)c5C)c4C)n(C)c3)c(C)c2c1.Cl. The summed E-state index contributed by atoms with van der Waals surface area (Å²) in [5.41, 5.74) is 10.4. The molecule has 0 saturated carbocycles. The number of carbonyl (C=O) groups is 5. The Morgan fingerprint density at radius 3 is 2.04 bits per heavy atom. The normalized spacial score (nSPS) is 10.6. The van der Waals surface area contributed by atoms with E-state index in [4.69, 9.17) is 11.1 Å². The van der Waals surface area contributed by atoms with Crippen molar-refractivity contribution in [2.24, 2.45) is 12.8 Å². The van der Waals surface area contributed by atoms with Crippen LogP contribution in [-0.2, 0) is 11.8 Å². The molecule has 0 atom stereocenters. The highest BCUT2D eigenvalue weighted by molar-refractivity contribution is 9.12. The molecule has 0 fully saturated rings. The average molecular weight is 795 g/mol. The van der Waals surface area contributed by atoms with E-state index in [0.29, 0.717) is 50.7 Å². The highest BCUT2D eigenvalue weighted by Gasteiger charge is 2.22. The fourth-order valence-electron chi connectivity index (χ4n) is 5.38. The molecule has 52 heavy (non-hydrogen) atoms. The number of anilines is 4. The number of nitrogens with zero attached hydrogens (tertiary/aromatic N) is 1. The van der Waals surface area contributed by atoms with Crippen LogP contribution in [0.1, 0.15) is 65.1 Å². The molecule has 16 nitrogen and oxygen atoms in total. The summed E-state index contributed by atoms with van der Waals surface area (Å²) in [7, 11) is 1.66. The van der Waals surface area contributed by atoms with Crippen molar-refractivity contribution in [2.75, 3.05) is 27.8 Å². The Bertz CT molecular complexity index is 2260. The minimum atomic E-state index is -0.486. The van der Waals surface area contributed by atoms with E-state index in [1.54, 1.807) is 56.8 Å². The van der Waals surface area contributed by atoms with Crippen LogP contribution in [0.5, 0.6) is 0 Å². The minimum Gasteiger partial charge on any atom is -0.388 e. The Morgan fingerprint density at radius 2 is 1.42 bits per heavy atom. The fraction of sp³-hybridized carbons (Fsp3) is 0.176. The van der Waals surface area contributed by atoms with Gasteiger partial charge in [-0.15, -0.1) is 12.4 Å². The largest absolute Gasteiger partial charge is 0.388 e. The van der Waals surface area contributed by atoms with E-state index < -0.39 is 23.6 Å². The van der Waals surface area contributed by atoms with Gasteiger partial charge in [-0.25, -0.2) is 0 Å². The van der Waals surface area contributed by atoms with Crippen LogP contribution >= 0.6 is 28.3 Å². The highest BCUT2D eigenvalue weighted by atomic mass is 79.9. The zero-order valence-corrected chi connectivity index (χ0v) is 30.9. The second kappa shape index (κ2) is 15.9. The molecule has 0 spiro atoms. The van der Waals surface area contributed by atoms with Gasteiger partial charge in [-0.1, -0.05) is 6.58 Å². The van der Waals surface area contributed by atoms with Gasteiger partial charge in [-0.05, 0) is 66.5 Å². The van der Waals surface area contributed by atoms with Crippen LogP contribution in [-0.4, -0.2) is 61.4 Å². The van der Waals surface area contributed by atoms with Gasteiger partial charge in [0.1, 0.15) is 22.8 Å². The zero-order chi connectivity index (χ0) is 37.1. The van der Waals surface area contributed by atoms with Crippen molar-refractivity contribution < 1.29 is 24.0 Å². The molecule has 0 aliphatic carbocycles. The lowest BCUT2D eigenvalue weighted by Crippen LogP contribution is -2.28. The average Bonchev–Trinajstić information content (AvgIpc) is 3.82. The van der Waals surface area contributed by atoms with E-state index in [2.05, 4.69) is 64.0 Å². The molecule has 5 amide bonds. The Hall–Kier alpha value is -6.07. The molecule has 0 unspecified atom stereocenters. The second-order valence-corrected chi connectivity index (χ2v) is 12.7. The third kappa shape index (κ3) is 8.27. The number of rotatable bonds is 12. The number of aromatic amines is 3. The van der Waals surface area contributed by atoms with Crippen molar-refractivity contribution in [1.82, 2.24) is 24.8 Å².